The number of hydrogen-bond donors (Lipinski definition) is 1. The molecule has 2 aromatic carbocycles. The number of nitrogens with zero attached hydrogens (tertiary/aromatic N) is 3. The SMILES string of the molecule is CCOC(=O)CN(CCSc1ccnc(CSc2nc3ccccc3[nH]2)c1C)Cc1ccccc1. The van der Waals surface area contributed by atoms with Crippen LogP contribution in [0.2, 0.25) is 0 Å². The minimum atomic E-state index is -0.182. The van der Waals surface area contributed by atoms with Gasteiger partial charge < -0.3 is 9.72 Å². The molecule has 182 valence electrons. The second kappa shape index (κ2) is 12.8. The fraction of sp³-hybridized carbons (Fsp3) is 0.296. The van der Waals surface area contributed by atoms with Crippen LogP contribution in [0.3, 0.4) is 0 Å². The quantitative estimate of drug-likeness (QED) is 0.195. The fourth-order valence-corrected chi connectivity index (χ4v) is 5.70. The summed E-state index contributed by atoms with van der Waals surface area (Å²) in [5.41, 5.74) is 5.47. The summed E-state index contributed by atoms with van der Waals surface area (Å²) in [4.78, 5) is 28.1. The first-order valence-corrected chi connectivity index (χ1v) is 13.7. The maximum absolute atomic E-state index is 12.1. The van der Waals surface area contributed by atoms with Crippen molar-refractivity contribution in [3.63, 3.8) is 0 Å². The average molecular weight is 507 g/mol. The van der Waals surface area contributed by atoms with E-state index in [4.69, 9.17) is 4.74 Å². The zero-order valence-electron chi connectivity index (χ0n) is 20.1. The lowest BCUT2D eigenvalue weighted by Gasteiger charge is -2.21. The highest BCUT2D eigenvalue weighted by molar-refractivity contribution is 7.99. The van der Waals surface area contributed by atoms with Gasteiger partial charge in [0, 0.05) is 35.7 Å². The van der Waals surface area contributed by atoms with Crippen LogP contribution in [-0.4, -0.2) is 51.3 Å². The number of ether oxygens (including phenoxy) is 1. The molecule has 0 bridgehead atoms. The van der Waals surface area contributed by atoms with Crippen molar-refractivity contribution in [1.82, 2.24) is 19.9 Å². The number of rotatable bonds is 12. The number of aromatic amines is 1. The van der Waals surface area contributed by atoms with Gasteiger partial charge in [-0.05, 0) is 43.2 Å². The molecule has 6 nitrogen and oxygen atoms in total. The number of H-pyrrole nitrogens is 1. The van der Waals surface area contributed by atoms with Crippen molar-refractivity contribution in [2.75, 3.05) is 25.4 Å². The summed E-state index contributed by atoms with van der Waals surface area (Å²) in [6, 6.07) is 20.4. The molecule has 0 aliphatic carbocycles. The number of fused-ring (bicyclic) bond motifs is 1. The highest BCUT2D eigenvalue weighted by atomic mass is 32.2. The molecule has 0 saturated carbocycles. The zero-order chi connectivity index (χ0) is 24.5. The molecule has 0 fully saturated rings. The minimum absolute atomic E-state index is 0.182. The Balaban J connectivity index is 1.35. The Labute approximate surface area is 214 Å². The molecule has 35 heavy (non-hydrogen) atoms. The minimum Gasteiger partial charge on any atom is -0.465 e. The van der Waals surface area contributed by atoms with E-state index in [-0.39, 0.29) is 12.5 Å². The van der Waals surface area contributed by atoms with Gasteiger partial charge >= 0.3 is 5.97 Å². The van der Waals surface area contributed by atoms with Crippen molar-refractivity contribution in [2.45, 2.75) is 36.2 Å². The molecule has 2 heterocycles. The summed E-state index contributed by atoms with van der Waals surface area (Å²) in [5.74, 6) is 1.44. The topological polar surface area (TPSA) is 71.1 Å². The third-order valence-corrected chi connectivity index (χ3v) is 7.57. The summed E-state index contributed by atoms with van der Waals surface area (Å²) in [7, 11) is 0. The van der Waals surface area contributed by atoms with Gasteiger partial charge in [0.1, 0.15) is 0 Å². The van der Waals surface area contributed by atoms with Crippen LogP contribution < -0.4 is 0 Å². The summed E-state index contributed by atoms with van der Waals surface area (Å²) in [5, 5.41) is 0.904. The average Bonchev–Trinajstić information content (AvgIpc) is 3.28. The van der Waals surface area contributed by atoms with E-state index in [2.05, 4.69) is 45.0 Å². The zero-order valence-corrected chi connectivity index (χ0v) is 21.7. The first kappa shape index (κ1) is 25.3. The molecule has 2 aromatic heterocycles. The largest absolute Gasteiger partial charge is 0.465 e. The van der Waals surface area contributed by atoms with Gasteiger partial charge in [0.2, 0.25) is 0 Å². The molecule has 0 saturated heterocycles. The summed E-state index contributed by atoms with van der Waals surface area (Å²) in [6.45, 7) is 6.16. The molecule has 0 atom stereocenters. The number of imidazole rings is 1. The maximum atomic E-state index is 12.1. The molecule has 1 N–H and O–H groups in total. The number of thioether (sulfide) groups is 2. The van der Waals surface area contributed by atoms with E-state index in [0.717, 1.165) is 46.5 Å². The van der Waals surface area contributed by atoms with Gasteiger partial charge in [0.25, 0.3) is 0 Å². The van der Waals surface area contributed by atoms with Gasteiger partial charge in [0.05, 0.1) is 29.9 Å². The Hall–Kier alpha value is -2.81. The number of carbonyl (C=O) groups excluding carboxylic acids is 1. The van der Waals surface area contributed by atoms with Crippen LogP contribution in [0.25, 0.3) is 11.0 Å². The molecule has 0 spiro atoms. The van der Waals surface area contributed by atoms with Crippen LogP contribution in [0.15, 0.2) is 76.9 Å². The smallest absolute Gasteiger partial charge is 0.320 e. The van der Waals surface area contributed by atoms with Crippen molar-refractivity contribution < 1.29 is 9.53 Å². The molecule has 0 radical (unpaired) electrons. The number of nitrogens with one attached hydrogen (secondary N) is 1. The van der Waals surface area contributed by atoms with Crippen LogP contribution in [0, 0.1) is 6.92 Å². The highest BCUT2D eigenvalue weighted by Gasteiger charge is 2.14. The molecule has 4 rings (SSSR count). The van der Waals surface area contributed by atoms with Crippen LogP contribution in [-0.2, 0) is 21.8 Å². The molecule has 4 aromatic rings. The van der Waals surface area contributed by atoms with E-state index in [1.807, 2.05) is 55.6 Å². The third kappa shape index (κ3) is 7.34. The molecule has 0 aliphatic rings. The summed E-state index contributed by atoms with van der Waals surface area (Å²) < 4.78 is 5.19. The van der Waals surface area contributed by atoms with E-state index in [9.17, 15) is 4.79 Å². The van der Waals surface area contributed by atoms with Crippen LogP contribution >= 0.6 is 23.5 Å². The molecular weight excluding hydrogens is 476 g/mol. The first-order chi connectivity index (χ1) is 17.1. The maximum Gasteiger partial charge on any atom is 0.320 e. The van der Waals surface area contributed by atoms with Gasteiger partial charge in [-0.15, -0.1) is 11.8 Å². The number of esters is 1. The third-order valence-electron chi connectivity index (χ3n) is 5.54. The van der Waals surface area contributed by atoms with Crippen molar-refractivity contribution in [1.29, 1.82) is 0 Å². The first-order valence-electron chi connectivity index (χ1n) is 11.7. The molecular formula is C27H30N4O2S2. The van der Waals surface area contributed by atoms with Crippen molar-refractivity contribution in [3.05, 3.63) is 83.7 Å². The lowest BCUT2D eigenvalue weighted by molar-refractivity contribution is -0.144. The molecule has 0 unspecified atom stereocenters. The Morgan fingerprint density at radius 1 is 1.06 bits per heavy atom. The van der Waals surface area contributed by atoms with Crippen molar-refractivity contribution in [2.24, 2.45) is 0 Å². The summed E-state index contributed by atoms with van der Waals surface area (Å²) in [6.07, 6.45) is 1.88. The molecule has 0 amide bonds. The predicted octanol–water partition coefficient (Wildman–Crippen LogP) is 5.72. The highest BCUT2D eigenvalue weighted by Crippen LogP contribution is 2.28. The predicted molar refractivity (Wildman–Crippen MR) is 144 cm³/mol. The van der Waals surface area contributed by atoms with Crippen LogP contribution in [0.1, 0.15) is 23.7 Å². The fourth-order valence-electron chi connectivity index (χ4n) is 3.72. The monoisotopic (exact) mass is 506 g/mol. The number of benzene rings is 2. The van der Waals surface area contributed by atoms with Gasteiger partial charge in [-0.25, -0.2) is 4.98 Å². The molecule has 0 aliphatic heterocycles. The van der Waals surface area contributed by atoms with E-state index in [1.54, 1.807) is 23.5 Å². The van der Waals surface area contributed by atoms with E-state index < -0.39 is 0 Å². The Bertz CT molecular complexity index is 1210. The number of hydrogen-bond acceptors (Lipinski definition) is 7. The number of pyridine rings is 1. The normalized spacial score (nSPS) is 11.3. The van der Waals surface area contributed by atoms with E-state index in [1.165, 1.54) is 16.0 Å². The Morgan fingerprint density at radius 3 is 2.66 bits per heavy atom. The van der Waals surface area contributed by atoms with Gasteiger partial charge in [-0.3, -0.25) is 14.7 Å². The van der Waals surface area contributed by atoms with Crippen molar-refractivity contribution >= 4 is 40.5 Å². The lowest BCUT2D eigenvalue weighted by Crippen LogP contribution is -2.32. The standard InChI is InChI=1S/C27H30N4O2S2/c1-3-33-26(32)18-31(17-21-9-5-4-6-10-21)15-16-34-25-13-14-28-24(20(25)2)19-35-27-29-22-11-7-8-12-23(22)30-27/h4-14H,3,15-19H2,1-2H3,(H,29,30). The van der Waals surface area contributed by atoms with Gasteiger partial charge in [0.15, 0.2) is 5.16 Å². The van der Waals surface area contributed by atoms with E-state index in [0.29, 0.717) is 6.61 Å². The number of carbonyl (C=O) groups is 1. The molecule has 8 heteroatoms. The van der Waals surface area contributed by atoms with E-state index >= 15 is 0 Å². The van der Waals surface area contributed by atoms with Crippen LogP contribution in [0.4, 0.5) is 0 Å². The Kier molecular flexibility index (Phi) is 9.22. The number of aromatic nitrogens is 3. The Morgan fingerprint density at radius 2 is 1.86 bits per heavy atom. The number of para-hydroxylation sites is 2. The second-order valence-corrected chi connectivity index (χ2v) is 10.2. The van der Waals surface area contributed by atoms with Crippen LogP contribution in [0.5, 0.6) is 0 Å². The van der Waals surface area contributed by atoms with Gasteiger partial charge in [-0.2, -0.15) is 0 Å². The van der Waals surface area contributed by atoms with Crippen molar-refractivity contribution in [3.8, 4) is 0 Å². The van der Waals surface area contributed by atoms with Gasteiger partial charge in [-0.1, -0.05) is 54.2 Å². The summed E-state index contributed by atoms with van der Waals surface area (Å²) >= 11 is 3.47. The second-order valence-electron chi connectivity index (χ2n) is 8.08. The lowest BCUT2D eigenvalue weighted by atomic mass is 10.2.